The molecule has 3 atom stereocenters. The van der Waals surface area contributed by atoms with Gasteiger partial charge in [0.05, 0.1) is 21.7 Å². The zero-order chi connectivity index (χ0) is 8.77. The Kier molecular flexibility index (Phi) is 2.23. The van der Waals surface area contributed by atoms with Crippen molar-refractivity contribution < 1.29 is 13.7 Å². The Morgan fingerprint density at radius 1 is 1.42 bits per heavy atom. The normalized spacial score (nSPS) is 45.7. The predicted molar refractivity (Wildman–Crippen MR) is 49.3 cm³/mol. The Balaban J connectivity index is 2.07. The summed E-state index contributed by atoms with van der Waals surface area (Å²) in [5.74, 6) is 0.921. The van der Waals surface area contributed by atoms with Crippen molar-refractivity contribution >= 4 is 20.6 Å². The van der Waals surface area contributed by atoms with E-state index in [9.17, 15) is 4.21 Å². The molecule has 0 spiro atoms. The predicted octanol–water partition coefficient (Wildman–Crippen LogP) is 0.917. The molecule has 2 fully saturated rings. The molecule has 5 heteroatoms. The second kappa shape index (κ2) is 2.97. The Morgan fingerprint density at radius 3 is 2.83 bits per heavy atom. The van der Waals surface area contributed by atoms with Gasteiger partial charge in [0.15, 0.2) is 5.79 Å². The lowest BCUT2D eigenvalue weighted by Crippen LogP contribution is -2.33. The maximum Gasteiger partial charge on any atom is 0.163 e. The molecule has 0 aromatic rings. The van der Waals surface area contributed by atoms with Gasteiger partial charge in [0, 0.05) is 5.75 Å². The van der Waals surface area contributed by atoms with Gasteiger partial charge < -0.3 is 9.47 Å². The van der Waals surface area contributed by atoms with Crippen LogP contribution in [0, 0.1) is 0 Å². The molecule has 1 unspecified atom stereocenters. The second-order valence-corrected chi connectivity index (χ2v) is 6.80. The molecule has 70 valence electrons. The van der Waals surface area contributed by atoms with Crippen LogP contribution in [-0.4, -0.2) is 33.7 Å². The van der Waals surface area contributed by atoms with Crippen LogP contribution in [0.5, 0.6) is 0 Å². The third-order valence-electron chi connectivity index (χ3n) is 1.95. The van der Waals surface area contributed by atoms with Gasteiger partial charge >= 0.3 is 0 Å². The monoisotopic (exact) mass is 208 g/mol. The number of ether oxygens (including phenoxy) is 2. The van der Waals surface area contributed by atoms with E-state index in [2.05, 4.69) is 0 Å². The standard InChI is InChI=1S/C7H12O3S2/c1-7(2)9-5-3-11-12(8)4-6(5)10-7/h5-6H,3-4H2,1-2H3/t5-,6+,12?/m1/s1. The highest BCUT2D eigenvalue weighted by atomic mass is 33.1. The Hall–Kier alpha value is 0.420. The van der Waals surface area contributed by atoms with Gasteiger partial charge in [-0.2, -0.15) is 0 Å². The fourth-order valence-corrected chi connectivity index (χ4v) is 4.28. The molecule has 2 aliphatic heterocycles. The Morgan fingerprint density at radius 2 is 2.08 bits per heavy atom. The highest BCUT2D eigenvalue weighted by Crippen LogP contribution is 2.35. The first kappa shape index (κ1) is 8.99. The molecule has 2 heterocycles. The average molecular weight is 208 g/mol. The second-order valence-electron chi connectivity index (χ2n) is 3.47. The van der Waals surface area contributed by atoms with Crippen molar-refractivity contribution in [3.05, 3.63) is 0 Å². The van der Waals surface area contributed by atoms with Crippen molar-refractivity contribution in [1.29, 1.82) is 0 Å². The van der Waals surface area contributed by atoms with Crippen LogP contribution >= 0.6 is 10.8 Å². The van der Waals surface area contributed by atoms with Gasteiger partial charge in [-0.1, -0.05) is 10.8 Å². The molecule has 0 radical (unpaired) electrons. The third-order valence-corrected chi connectivity index (χ3v) is 4.88. The number of fused-ring (bicyclic) bond motifs is 1. The number of hydrogen-bond donors (Lipinski definition) is 0. The van der Waals surface area contributed by atoms with Crippen LogP contribution in [0.15, 0.2) is 0 Å². The van der Waals surface area contributed by atoms with Gasteiger partial charge in [-0.05, 0) is 13.8 Å². The first-order valence-electron chi connectivity index (χ1n) is 3.94. The van der Waals surface area contributed by atoms with Crippen LogP contribution in [0.3, 0.4) is 0 Å². The molecule has 0 saturated carbocycles. The van der Waals surface area contributed by atoms with Crippen molar-refractivity contribution in [1.82, 2.24) is 0 Å². The highest BCUT2D eigenvalue weighted by molar-refractivity contribution is 8.69. The largest absolute Gasteiger partial charge is 0.344 e. The summed E-state index contributed by atoms with van der Waals surface area (Å²) in [5, 5.41) is 0. The van der Waals surface area contributed by atoms with Crippen molar-refractivity contribution in [2.45, 2.75) is 31.8 Å². The van der Waals surface area contributed by atoms with Gasteiger partial charge in [0.2, 0.25) is 0 Å². The summed E-state index contributed by atoms with van der Waals surface area (Å²) in [6, 6.07) is 0. The molecule has 0 bridgehead atoms. The first-order valence-corrected chi connectivity index (χ1v) is 6.76. The molecule has 0 aliphatic carbocycles. The maximum atomic E-state index is 11.2. The van der Waals surface area contributed by atoms with Crippen molar-refractivity contribution in [3.8, 4) is 0 Å². The van der Waals surface area contributed by atoms with E-state index >= 15 is 0 Å². The smallest absolute Gasteiger partial charge is 0.163 e. The van der Waals surface area contributed by atoms with Crippen molar-refractivity contribution in [2.24, 2.45) is 0 Å². The minimum atomic E-state index is -0.772. The van der Waals surface area contributed by atoms with Crippen molar-refractivity contribution in [3.63, 3.8) is 0 Å². The average Bonchev–Trinajstić information content (AvgIpc) is 2.21. The molecule has 0 amide bonds. The van der Waals surface area contributed by atoms with Crippen LogP contribution in [0.2, 0.25) is 0 Å². The first-order chi connectivity index (χ1) is 5.57. The summed E-state index contributed by atoms with van der Waals surface area (Å²) >= 11 is 0. The molecule has 3 nitrogen and oxygen atoms in total. The summed E-state index contributed by atoms with van der Waals surface area (Å²) < 4.78 is 22.4. The summed E-state index contributed by atoms with van der Waals surface area (Å²) in [4.78, 5) is 0. The van der Waals surface area contributed by atoms with Gasteiger partial charge in [-0.15, -0.1) is 0 Å². The number of rotatable bonds is 0. The molecule has 0 aromatic heterocycles. The van der Waals surface area contributed by atoms with Gasteiger partial charge in [-0.3, -0.25) is 0 Å². The fraction of sp³-hybridized carbons (Fsp3) is 1.00. The zero-order valence-electron chi connectivity index (χ0n) is 7.11. The Labute approximate surface area is 78.0 Å². The molecule has 12 heavy (non-hydrogen) atoms. The Bertz CT molecular complexity index is 217. The van der Waals surface area contributed by atoms with Gasteiger partial charge in [0.25, 0.3) is 0 Å². The van der Waals surface area contributed by atoms with E-state index in [0.717, 1.165) is 5.75 Å². The quantitative estimate of drug-likeness (QED) is 0.554. The van der Waals surface area contributed by atoms with E-state index in [0.29, 0.717) is 5.75 Å². The van der Waals surface area contributed by atoms with E-state index < -0.39 is 15.6 Å². The molecule has 2 saturated heterocycles. The van der Waals surface area contributed by atoms with E-state index in [1.807, 2.05) is 13.8 Å². The molecular formula is C7H12O3S2. The van der Waals surface area contributed by atoms with Crippen LogP contribution < -0.4 is 0 Å². The lowest BCUT2D eigenvalue weighted by Gasteiger charge is -2.20. The fourth-order valence-electron chi connectivity index (χ4n) is 1.52. The molecule has 0 N–H and O–H groups in total. The summed E-state index contributed by atoms with van der Waals surface area (Å²) in [5.41, 5.74) is 0. The van der Waals surface area contributed by atoms with E-state index in [-0.39, 0.29) is 12.2 Å². The SMILES string of the molecule is CC1(C)O[C@H]2CS(=O)SC[C@H]2O1. The molecule has 0 aromatic carbocycles. The van der Waals surface area contributed by atoms with Crippen LogP contribution in [-0.2, 0) is 19.3 Å². The minimum Gasteiger partial charge on any atom is -0.344 e. The van der Waals surface area contributed by atoms with Crippen molar-refractivity contribution in [2.75, 3.05) is 11.5 Å². The van der Waals surface area contributed by atoms with Gasteiger partial charge in [-0.25, -0.2) is 4.21 Å². The van der Waals surface area contributed by atoms with Gasteiger partial charge in [0.1, 0.15) is 6.10 Å². The maximum absolute atomic E-state index is 11.2. The summed E-state index contributed by atoms with van der Waals surface area (Å²) in [7, 11) is 0.690. The number of hydrogen-bond acceptors (Lipinski definition) is 4. The lowest BCUT2D eigenvalue weighted by atomic mass is 10.3. The van der Waals surface area contributed by atoms with Crippen LogP contribution in [0.4, 0.5) is 0 Å². The summed E-state index contributed by atoms with van der Waals surface area (Å²) in [6.45, 7) is 3.80. The topological polar surface area (TPSA) is 35.5 Å². The van der Waals surface area contributed by atoms with E-state index in [1.165, 1.54) is 10.8 Å². The molecule has 2 rings (SSSR count). The molecule has 2 aliphatic rings. The molecular weight excluding hydrogens is 196 g/mol. The lowest BCUT2D eigenvalue weighted by molar-refractivity contribution is -0.142. The van der Waals surface area contributed by atoms with E-state index in [1.54, 1.807) is 0 Å². The van der Waals surface area contributed by atoms with Crippen LogP contribution in [0.1, 0.15) is 13.8 Å². The minimum absolute atomic E-state index is 0.0436. The zero-order valence-corrected chi connectivity index (χ0v) is 8.74. The summed E-state index contributed by atoms with van der Waals surface area (Å²) in [6.07, 6.45) is 0.185. The third kappa shape index (κ3) is 1.69. The van der Waals surface area contributed by atoms with Crippen LogP contribution in [0.25, 0.3) is 0 Å². The van der Waals surface area contributed by atoms with E-state index in [4.69, 9.17) is 9.47 Å². The highest BCUT2D eigenvalue weighted by Gasteiger charge is 2.44.